The lowest BCUT2D eigenvalue weighted by atomic mass is 10.2. The Balaban J connectivity index is 2.02. The Bertz CT molecular complexity index is 502. The number of nitrogens with zero attached hydrogens (tertiary/aromatic N) is 1. The van der Waals surface area contributed by atoms with Crippen LogP contribution in [0.15, 0.2) is 47.2 Å². The monoisotopic (exact) mass is 292 g/mol. The average molecular weight is 293 g/mol. The third kappa shape index (κ3) is 3.46. The highest BCUT2D eigenvalue weighted by Crippen LogP contribution is 2.17. The summed E-state index contributed by atoms with van der Waals surface area (Å²) in [5, 5.41) is 3.33. The van der Waals surface area contributed by atoms with Crippen molar-refractivity contribution >= 4 is 21.6 Å². The molecule has 0 saturated carbocycles. The molecule has 1 heterocycles. The number of pyridine rings is 1. The molecule has 2 rings (SSSR count). The predicted molar refractivity (Wildman–Crippen MR) is 72.3 cm³/mol. The van der Waals surface area contributed by atoms with E-state index in [-0.39, 0.29) is 0 Å². The number of methoxy groups -OCH3 is 1. The second-order valence-corrected chi connectivity index (χ2v) is 4.38. The van der Waals surface area contributed by atoms with Gasteiger partial charge in [-0.05, 0) is 45.8 Å². The fourth-order valence-corrected chi connectivity index (χ4v) is 1.90. The quantitative estimate of drug-likeness (QED) is 0.877. The Morgan fingerprint density at radius 1 is 1.29 bits per heavy atom. The van der Waals surface area contributed by atoms with Gasteiger partial charge < -0.3 is 10.1 Å². The maximum absolute atomic E-state index is 5.17. The molecule has 2 aromatic rings. The van der Waals surface area contributed by atoms with Crippen LogP contribution < -0.4 is 10.1 Å². The second-order valence-electron chi connectivity index (χ2n) is 3.57. The molecule has 0 spiro atoms. The van der Waals surface area contributed by atoms with Crippen molar-refractivity contribution < 1.29 is 4.74 Å². The number of anilines is 1. The lowest BCUT2D eigenvalue weighted by molar-refractivity contribution is 0.415. The first-order chi connectivity index (χ1) is 8.28. The highest BCUT2D eigenvalue weighted by atomic mass is 79.9. The summed E-state index contributed by atoms with van der Waals surface area (Å²) < 4.78 is 6.02. The van der Waals surface area contributed by atoms with Crippen molar-refractivity contribution in [1.29, 1.82) is 0 Å². The summed E-state index contributed by atoms with van der Waals surface area (Å²) in [5.74, 6) is 0.853. The van der Waals surface area contributed by atoms with Gasteiger partial charge >= 0.3 is 0 Å². The molecule has 0 atom stereocenters. The summed E-state index contributed by atoms with van der Waals surface area (Å²) >= 11 is 3.35. The van der Waals surface area contributed by atoms with Crippen molar-refractivity contribution in [2.75, 3.05) is 12.4 Å². The van der Waals surface area contributed by atoms with E-state index in [1.807, 2.05) is 36.4 Å². The van der Waals surface area contributed by atoms with Crippen LogP contribution in [-0.2, 0) is 6.54 Å². The van der Waals surface area contributed by atoms with Crippen LogP contribution in [0.25, 0.3) is 0 Å². The van der Waals surface area contributed by atoms with Gasteiger partial charge in [0.2, 0.25) is 0 Å². The lowest BCUT2D eigenvalue weighted by Crippen LogP contribution is -1.99. The number of ether oxygens (including phenoxy) is 1. The molecule has 0 aliphatic heterocycles. The van der Waals surface area contributed by atoms with E-state index in [2.05, 4.69) is 26.2 Å². The van der Waals surface area contributed by atoms with Crippen LogP contribution in [0.4, 0.5) is 5.69 Å². The van der Waals surface area contributed by atoms with Crippen molar-refractivity contribution in [1.82, 2.24) is 4.98 Å². The fraction of sp³-hybridized carbons (Fsp3) is 0.154. The van der Waals surface area contributed by atoms with Gasteiger partial charge in [0.15, 0.2) is 0 Å². The molecule has 4 heteroatoms. The molecule has 1 aromatic carbocycles. The molecular formula is C13H13BrN2O. The molecule has 0 fully saturated rings. The van der Waals surface area contributed by atoms with Gasteiger partial charge in [0.05, 0.1) is 7.11 Å². The molecule has 1 aromatic heterocycles. The SMILES string of the molecule is COc1cccc(NCc2ccnc(Br)c2)c1. The first-order valence-corrected chi connectivity index (χ1v) is 6.05. The largest absolute Gasteiger partial charge is 0.497 e. The molecule has 17 heavy (non-hydrogen) atoms. The van der Waals surface area contributed by atoms with Gasteiger partial charge in [-0.3, -0.25) is 0 Å². The summed E-state index contributed by atoms with van der Waals surface area (Å²) in [5.41, 5.74) is 2.21. The zero-order valence-corrected chi connectivity index (χ0v) is 11.1. The van der Waals surface area contributed by atoms with Crippen molar-refractivity contribution in [3.63, 3.8) is 0 Å². The summed E-state index contributed by atoms with van der Waals surface area (Å²) in [7, 11) is 1.67. The average Bonchev–Trinajstić information content (AvgIpc) is 2.37. The predicted octanol–water partition coefficient (Wildman–Crippen LogP) is 3.46. The topological polar surface area (TPSA) is 34.1 Å². The van der Waals surface area contributed by atoms with Gasteiger partial charge in [-0.25, -0.2) is 4.98 Å². The van der Waals surface area contributed by atoms with Gasteiger partial charge in [-0.1, -0.05) is 6.07 Å². The summed E-state index contributed by atoms with van der Waals surface area (Å²) in [6, 6.07) is 11.8. The first kappa shape index (κ1) is 11.9. The minimum atomic E-state index is 0.758. The minimum Gasteiger partial charge on any atom is -0.497 e. The maximum Gasteiger partial charge on any atom is 0.120 e. The smallest absolute Gasteiger partial charge is 0.120 e. The van der Waals surface area contributed by atoms with Crippen LogP contribution >= 0.6 is 15.9 Å². The van der Waals surface area contributed by atoms with Crippen LogP contribution in [0.5, 0.6) is 5.75 Å². The Morgan fingerprint density at radius 2 is 2.18 bits per heavy atom. The normalized spacial score (nSPS) is 10.0. The summed E-state index contributed by atoms with van der Waals surface area (Å²) in [6.45, 7) is 0.758. The van der Waals surface area contributed by atoms with Crippen LogP contribution in [0.1, 0.15) is 5.56 Å². The molecule has 0 saturated heterocycles. The maximum atomic E-state index is 5.17. The molecular weight excluding hydrogens is 280 g/mol. The van der Waals surface area contributed by atoms with Gasteiger partial charge in [0.1, 0.15) is 10.4 Å². The third-order valence-corrected chi connectivity index (χ3v) is 2.79. The molecule has 88 valence electrons. The van der Waals surface area contributed by atoms with Gasteiger partial charge in [-0.2, -0.15) is 0 Å². The molecule has 0 aliphatic carbocycles. The Kier molecular flexibility index (Phi) is 3.98. The molecule has 0 unspecified atom stereocenters. The Morgan fingerprint density at radius 3 is 2.94 bits per heavy atom. The first-order valence-electron chi connectivity index (χ1n) is 5.26. The van der Waals surface area contributed by atoms with E-state index in [0.29, 0.717) is 0 Å². The molecule has 0 amide bonds. The van der Waals surface area contributed by atoms with Crippen LogP contribution in [0, 0.1) is 0 Å². The molecule has 1 N–H and O–H groups in total. The van der Waals surface area contributed by atoms with Crippen LogP contribution in [0.3, 0.4) is 0 Å². The van der Waals surface area contributed by atoms with E-state index in [0.717, 1.165) is 22.6 Å². The van der Waals surface area contributed by atoms with E-state index in [4.69, 9.17) is 4.74 Å². The Hall–Kier alpha value is -1.55. The van der Waals surface area contributed by atoms with Crippen molar-refractivity contribution in [3.8, 4) is 5.75 Å². The number of halogens is 1. The third-order valence-electron chi connectivity index (χ3n) is 2.36. The van der Waals surface area contributed by atoms with E-state index in [1.165, 1.54) is 5.56 Å². The lowest BCUT2D eigenvalue weighted by Gasteiger charge is -2.08. The van der Waals surface area contributed by atoms with Crippen molar-refractivity contribution in [2.24, 2.45) is 0 Å². The van der Waals surface area contributed by atoms with E-state index < -0.39 is 0 Å². The molecule has 0 radical (unpaired) electrons. The van der Waals surface area contributed by atoms with Crippen LogP contribution in [-0.4, -0.2) is 12.1 Å². The summed E-state index contributed by atoms with van der Waals surface area (Å²) in [4.78, 5) is 4.09. The minimum absolute atomic E-state index is 0.758. The number of aromatic nitrogens is 1. The number of hydrogen-bond acceptors (Lipinski definition) is 3. The zero-order chi connectivity index (χ0) is 12.1. The molecule has 0 aliphatic rings. The number of hydrogen-bond donors (Lipinski definition) is 1. The van der Waals surface area contributed by atoms with E-state index in [1.54, 1.807) is 13.3 Å². The standard InChI is InChI=1S/C13H13BrN2O/c1-17-12-4-2-3-11(8-12)16-9-10-5-6-15-13(14)7-10/h2-8,16H,9H2,1H3. The van der Waals surface area contributed by atoms with Gasteiger partial charge in [0.25, 0.3) is 0 Å². The fourth-order valence-electron chi connectivity index (χ4n) is 1.49. The van der Waals surface area contributed by atoms with Crippen molar-refractivity contribution in [3.05, 3.63) is 52.8 Å². The summed E-state index contributed by atoms with van der Waals surface area (Å²) in [6.07, 6.45) is 1.78. The number of nitrogens with one attached hydrogen (secondary N) is 1. The second kappa shape index (κ2) is 5.68. The van der Waals surface area contributed by atoms with Crippen molar-refractivity contribution in [2.45, 2.75) is 6.54 Å². The highest BCUT2D eigenvalue weighted by molar-refractivity contribution is 9.10. The molecule has 3 nitrogen and oxygen atoms in total. The van der Waals surface area contributed by atoms with E-state index >= 15 is 0 Å². The number of benzene rings is 1. The van der Waals surface area contributed by atoms with Crippen LogP contribution in [0.2, 0.25) is 0 Å². The zero-order valence-electron chi connectivity index (χ0n) is 9.48. The van der Waals surface area contributed by atoms with Gasteiger partial charge in [0, 0.05) is 24.5 Å². The van der Waals surface area contributed by atoms with E-state index in [9.17, 15) is 0 Å². The molecule has 0 bridgehead atoms. The Labute approximate surface area is 109 Å². The van der Waals surface area contributed by atoms with Gasteiger partial charge in [-0.15, -0.1) is 0 Å². The number of rotatable bonds is 4. The highest BCUT2D eigenvalue weighted by Gasteiger charge is 1.97.